The second-order valence-corrected chi connectivity index (χ2v) is 10.0. The Morgan fingerprint density at radius 2 is 1.05 bits per heavy atom. The Bertz CT molecular complexity index is 1810. The molecule has 202 valence electrons. The highest BCUT2D eigenvalue weighted by Crippen LogP contribution is 2.32. The molecule has 0 spiro atoms. The number of amides is 2. The minimum atomic E-state index is -0.268. The highest BCUT2D eigenvalue weighted by molar-refractivity contribution is 6.12. The number of carbonyl (C=O) groups excluding carboxylic acids is 2. The zero-order valence-corrected chi connectivity index (χ0v) is 23.2. The van der Waals surface area contributed by atoms with Crippen LogP contribution in [0.4, 0.5) is 0 Å². The standard InChI is InChI=1S/C32H32N6O2/c1-5-37-27-13-9-7-11-21(27)23-17-25(35-19(3)29(23)37)31(39)33-15-16-34-32(40)26-18-24-22-12-8-10-14-28(22)38(6-2)30(24)20(4)36-26/h7-14,17-18H,5-6,15-16H2,1-4H3,(H,33,39)(H,34,40). The van der Waals surface area contributed by atoms with Crippen molar-refractivity contribution in [2.24, 2.45) is 0 Å². The van der Waals surface area contributed by atoms with E-state index in [0.29, 0.717) is 11.4 Å². The molecular weight excluding hydrogens is 500 g/mol. The van der Waals surface area contributed by atoms with E-state index in [9.17, 15) is 9.59 Å². The average molecular weight is 533 g/mol. The molecule has 0 unspecified atom stereocenters. The van der Waals surface area contributed by atoms with Gasteiger partial charge in [-0.2, -0.15) is 0 Å². The van der Waals surface area contributed by atoms with Crippen molar-refractivity contribution >= 4 is 55.4 Å². The minimum Gasteiger partial charge on any atom is -0.349 e. The van der Waals surface area contributed by atoms with Crippen LogP contribution >= 0.6 is 0 Å². The number of para-hydroxylation sites is 2. The van der Waals surface area contributed by atoms with Crippen LogP contribution in [0.5, 0.6) is 0 Å². The van der Waals surface area contributed by atoms with E-state index in [0.717, 1.165) is 68.1 Å². The number of aryl methyl sites for hydroxylation is 4. The monoisotopic (exact) mass is 532 g/mol. The molecule has 8 heteroatoms. The summed E-state index contributed by atoms with van der Waals surface area (Å²) in [5.74, 6) is -0.536. The predicted molar refractivity (Wildman–Crippen MR) is 160 cm³/mol. The first-order valence-electron chi connectivity index (χ1n) is 13.8. The van der Waals surface area contributed by atoms with E-state index in [4.69, 9.17) is 0 Å². The largest absolute Gasteiger partial charge is 0.349 e. The van der Waals surface area contributed by atoms with Crippen molar-refractivity contribution in [3.8, 4) is 0 Å². The number of rotatable bonds is 7. The number of aromatic nitrogens is 4. The summed E-state index contributed by atoms with van der Waals surface area (Å²) in [4.78, 5) is 35.2. The van der Waals surface area contributed by atoms with Gasteiger partial charge >= 0.3 is 0 Å². The number of carbonyl (C=O) groups is 2. The minimum absolute atomic E-state index is 0.268. The van der Waals surface area contributed by atoms with Gasteiger partial charge in [0.05, 0.1) is 22.4 Å². The van der Waals surface area contributed by atoms with E-state index in [-0.39, 0.29) is 24.9 Å². The number of nitrogens with zero attached hydrogens (tertiary/aromatic N) is 4. The Morgan fingerprint density at radius 3 is 1.45 bits per heavy atom. The maximum absolute atomic E-state index is 13.0. The first-order chi connectivity index (χ1) is 19.4. The quantitative estimate of drug-likeness (QED) is 0.265. The molecule has 40 heavy (non-hydrogen) atoms. The summed E-state index contributed by atoms with van der Waals surface area (Å²) < 4.78 is 4.47. The van der Waals surface area contributed by atoms with Gasteiger partial charge in [0.25, 0.3) is 11.8 Å². The van der Waals surface area contributed by atoms with Gasteiger partial charge in [0.15, 0.2) is 0 Å². The van der Waals surface area contributed by atoms with Crippen LogP contribution in [0, 0.1) is 13.8 Å². The summed E-state index contributed by atoms with van der Waals surface area (Å²) in [6.07, 6.45) is 0. The molecule has 0 fully saturated rings. The number of hydrogen-bond acceptors (Lipinski definition) is 4. The Hall–Kier alpha value is -4.72. The van der Waals surface area contributed by atoms with Gasteiger partial charge in [-0.3, -0.25) is 9.59 Å². The molecule has 4 heterocycles. The lowest BCUT2D eigenvalue weighted by Gasteiger charge is -2.10. The first-order valence-corrected chi connectivity index (χ1v) is 13.8. The third-order valence-electron chi connectivity index (χ3n) is 7.64. The smallest absolute Gasteiger partial charge is 0.269 e. The maximum Gasteiger partial charge on any atom is 0.269 e. The fraction of sp³-hybridized carbons (Fsp3) is 0.250. The van der Waals surface area contributed by atoms with Gasteiger partial charge in [0.2, 0.25) is 0 Å². The van der Waals surface area contributed by atoms with Crippen LogP contribution in [-0.4, -0.2) is 44.0 Å². The molecule has 4 aromatic heterocycles. The molecule has 2 aromatic carbocycles. The third-order valence-corrected chi connectivity index (χ3v) is 7.64. The van der Waals surface area contributed by atoms with Gasteiger partial charge in [-0.1, -0.05) is 36.4 Å². The van der Waals surface area contributed by atoms with E-state index >= 15 is 0 Å². The highest BCUT2D eigenvalue weighted by Gasteiger charge is 2.18. The lowest BCUT2D eigenvalue weighted by atomic mass is 10.1. The normalized spacial score (nSPS) is 11.6. The zero-order chi connectivity index (χ0) is 28.0. The summed E-state index contributed by atoms with van der Waals surface area (Å²) in [5.41, 5.74) is 6.72. The van der Waals surface area contributed by atoms with Crippen molar-refractivity contribution in [3.05, 3.63) is 83.4 Å². The Labute approximate surface area is 232 Å². The van der Waals surface area contributed by atoms with Crippen molar-refractivity contribution in [1.82, 2.24) is 29.7 Å². The maximum atomic E-state index is 13.0. The van der Waals surface area contributed by atoms with Crippen LogP contribution in [0.25, 0.3) is 43.6 Å². The first kappa shape index (κ1) is 25.6. The SMILES string of the molecule is CCn1c2ccccc2c2cc(C(=O)NCCNC(=O)c3cc4c5ccccc5n(CC)c4c(C)n3)nc(C)c21. The number of fused-ring (bicyclic) bond motifs is 6. The fourth-order valence-electron chi connectivity index (χ4n) is 5.96. The molecular formula is C32H32N6O2. The molecule has 0 aliphatic carbocycles. The van der Waals surface area contributed by atoms with Crippen LogP contribution in [0.2, 0.25) is 0 Å². The molecule has 2 amide bonds. The second-order valence-electron chi connectivity index (χ2n) is 10.0. The summed E-state index contributed by atoms with van der Waals surface area (Å²) >= 11 is 0. The molecule has 2 N–H and O–H groups in total. The number of benzene rings is 2. The fourth-order valence-corrected chi connectivity index (χ4v) is 5.96. The van der Waals surface area contributed by atoms with Crippen LogP contribution in [0.3, 0.4) is 0 Å². The summed E-state index contributed by atoms with van der Waals surface area (Å²) in [5, 5.41) is 10.0. The van der Waals surface area contributed by atoms with Crippen LogP contribution in [0.15, 0.2) is 60.7 Å². The van der Waals surface area contributed by atoms with Gasteiger partial charge in [0, 0.05) is 58.8 Å². The third kappa shape index (κ3) is 4.07. The van der Waals surface area contributed by atoms with Crippen molar-refractivity contribution in [1.29, 1.82) is 0 Å². The molecule has 0 radical (unpaired) electrons. The van der Waals surface area contributed by atoms with Crippen LogP contribution < -0.4 is 10.6 Å². The average Bonchev–Trinajstić information content (AvgIpc) is 3.48. The van der Waals surface area contributed by atoms with Crippen LogP contribution in [0.1, 0.15) is 46.2 Å². The van der Waals surface area contributed by atoms with E-state index in [2.05, 4.69) is 67.8 Å². The van der Waals surface area contributed by atoms with Crippen molar-refractivity contribution in [2.75, 3.05) is 13.1 Å². The van der Waals surface area contributed by atoms with Gasteiger partial charge in [-0.25, -0.2) is 9.97 Å². The van der Waals surface area contributed by atoms with E-state index in [1.165, 1.54) is 0 Å². The van der Waals surface area contributed by atoms with E-state index in [1.54, 1.807) is 0 Å². The lowest BCUT2D eigenvalue weighted by Crippen LogP contribution is -2.35. The van der Waals surface area contributed by atoms with Crippen molar-refractivity contribution in [3.63, 3.8) is 0 Å². The number of hydrogen-bond donors (Lipinski definition) is 2. The summed E-state index contributed by atoms with van der Waals surface area (Å²) in [7, 11) is 0. The highest BCUT2D eigenvalue weighted by atomic mass is 16.2. The predicted octanol–water partition coefficient (Wildman–Crippen LogP) is 5.51. The van der Waals surface area contributed by atoms with Gasteiger partial charge in [0.1, 0.15) is 11.4 Å². The van der Waals surface area contributed by atoms with Crippen molar-refractivity contribution < 1.29 is 9.59 Å². The van der Waals surface area contributed by atoms with E-state index < -0.39 is 0 Å². The molecule has 6 aromatic rings. The molecule has 6 rings (SSSR count). The van der Waals surface area contributed by atoms with Crippen LogP contribution in [-0.2, 0) is 13.1 Å². The molecule has 0 bridgehead atoms. The van der Waals surface area contributed by atoms with Gasteiger partial charge in [-0.05, 0) is 52.0 Å². The molecule has 0 aliphatic rings. The second kappa shape index (κ2) is 10.1. The van der Waals surface area contributed by atoms with Gasteiger partial charge < -0.3 is 19.8 Å². The summed E-state index contributed by atoms with van der Waals surface area (Å²) in [6, 6.07) is 20.1. The Kier molecular flexibility index (Phi) is 6.46. The molecule has 0 atom stereocenters. The number of pyridine rings is 2. The molecule has 0 saturated heterocycles. The number of nitrogens with one attached hydrogen (secondary N) is 2. The molecule has 0 saturated carbocycles. The lowest BCUT2D eigenvalue weighted by molar-refractivity contribution is 0.0923. The van der Waals surface area contributed by atoms with Gasteiger partial charge in [-0.15, -0.1) is 0 Å². The van der Waals surface area contributed by atoms with Crippen molar-refractivity contribution in [2.45, 2.75) is 40.8 Å². The zero-order valence-electron chi connectivity index (χ0n) is 23.2. The molecule has 8 nitrogen and oxygen atoms in total. The molecule has 0 aliphatic heterocycles. The Morgan fingerprint density at radius 1 is 0.650 bits per heavy atom. The topological polar surface area (TPSA) is 93.8 Å². The van der Waals surface area contributed by atoms with E-state index in [1.807, 2.05) is 50.2 Å². The summed E-state index contributed by atoms with van der Waals surface area (Å²) in [6.45, 7) is 10.3. The Balaban J connectivity index is 1.17.